The van der Waals surface area contributed by atoms with Gasteiger partial charge >= 0.3 is 0 Å². The Hall–Kier alpha value is -1.79. The minimum atomic E-state index is 0.205. The van der Waals surface area contributed by atoms with E-state index in [9.17, 15) is 4.79 Å². The number of rotatable bonds is 4. The van der Waals surface area contributed by atoms with Gasteiger partial charge in [0.05, 0.1) is 12.3 Å². The number of thiazole rings is 1. The van der Waals surface area contributed by atoms with Gasteiger partial charge in [0.15, 0.2) is 0 Å². The second-order valence-corrected chi connectivity index (χ2v) is 7.61. The fourth-order valence-electron chi connectivity index (χ4n) is 3.57. The van der Waals surface area contributed by atoms with E-state index >= 15 is 0 Å². The zero-order valence-electron chi connectivity index (χ0n) is 13.6. The summed E-state index contributed by atoms with van der Waals surface area (Å²) in [6, 6.07) is 3.94. The van der Waals surface area contributed by atoms with Crippen molar-refractivity contribution in [2.75, 3.05) is 26.3 Å². The molecule has 0 N–H and O–H groups in total. The summed E-state index contributed by atoms with van der Waals surface area (Å²) in [5.74, 6) is 0.273. The number of amides is 1. The fourth-order valence-corrected chi connectivity index (χ4v) is 4.42. The van der Waals surface area contributed by atoms with Crippen molar-refractivity contribution in [1.82, 2.24) is 14.9 Å². The third-order valence-electron chi connectivity index (χ3n) is 5.03. The van der Waals surface area contributed by atoms with Crippen molar-refractivity contribution in [3.05, 3.63) is 35.6 Å². The van der Waals surface area contributed by atoms with Gasteiger partial charge in [-0.3, -0.25) is 9.78 Å². The van der Waals surface area contributed by atoms with E-state index in [0.717, 1.165) is 61.8 Å². The van der Waals surface area contributed by atoms with E-state index in [2.05, 4.69) is 10.4 Å². The van der Waals surface area contributed by atoms with Crippen LogP contribution in [0.5, 0.6) is 0 Å². The molecule has 0 bridgehead atoms. The number of likely N-dealkylation sites (tertiary alicyclic amines) is 1. The SMILES string of the molecule is O=C1CC[C@@]2(CCOC2)CN1CCc1csc(-c2cccnc2)n1. The normalized spacial score (nSPS) is 24.0. The molecule has 2 fully saturated rings. The highest BCUT2D eigenvalue weighted by Gasteiger charge is 2.41. The van der Waals surface area contributed by atoms with Crippen LogP contribution in [0.15, 0.2) is 29.9 Å². The van der Waals surface area contributed by atoms with Gasteiger partial charge in [-0.2, -0.15) is 0 Å². The molecule has 2 aliphatic heterocycles. The Morgan fingerprint density at radius 2 is 2.33 bits per heavy atom. The first-order chi connectivity index (χ1) is 11.7. The molecule has 0 unspecified atom stereocenters. The summed E-state index contributed by atoms with van der Waals surface area (Å²) in [5.41, 5.74) is 2.30. The molecule has 2 aliphatic rings. The van der Waals surface area contributed by atoms with Crippen molar-refractivity contribution in [3.63, 3.8) is 0 Å². The maximum atomic E-state index is 12.2. The molecule has 4 rings (SSSR count). The molecule has 4 heterocycles. The van der Waals surface area contributed by atoms with Gasteiger partial charge in [0.2, 0.25) is 5.91 Å². The van der Waals surface area contributed by atoms with E-state index in [-0.39, 0.29) is 11.3 Å². The first kappa shape index (κ1) is 15.7. The molecule has 1 atom stereocenters. The molecule has 2 aromatic rings. The Morgan fingerprint density at radius 3 is 3.12 bits per heavy atom. The molecule has 1 amide bonds. The predicted octanol–water partition coefficient (Wildman–Crippen LogP) is 2.78. The number of pyridine rings is 1. The van der Waals surface area contributed by atoms with Gasteiger partial charge in [0, 0.05) is 61.3 Å². The Bertz CT molecular complexity index is 710. The van der Waals surface area contributed by atoms with Crippen LogP contribution in [-0.2, 0) is 16.0 Å². The van der Waals surface area contributed by atoms with Gasteiger partial charge in [-0.25, -0.2) is 4.98 Å². The molecule has 2 aromatic heterocycles. The second-order valence-electron chi connectivity index (χ2n) is 6.75. The smallest absolute Gasteiger partial charge is 0.222 e. The van der Waals surface area contributed by atoms with Gasteiger partial charge in [-0.15, -0.1) is 11.3 Å². The number of hydrogen-bond donors (Lipinski definition) is 0. The minimum absolute atomic E-state index is 0.205. The quantitative estimate of drug-likeness (QED) is 0.857. The summed E-state index contributed by atoms with van der Waals surface area (Å²) < 4.78 is 5.58. The maximum Gasteiger partial charge on any atom is 0.222 e. The summed E-state index contributed by atoms with van der Waals surface area (Å²) in [7, 11) is 0. The molecule has 1 spiro atoms. The van der Waals surface area contributed by atoms with E-state index in [1.807, 2.05) is 23.2 Å². The maximum absolute atomic E-state index is 12.2. The average molecular weight is 343 g/mol. The molecule has 0 radical (unpaired) electrons. The van der Waals surface area contributed by atoms with E-state index in [1.165, 1.54) is 0 Å². The van der Waals surface area contributed by atoms with Crippen molar-refractivity contribution < 1.29 is 9.53 Å². The van der Waals surface area contributed by atoms with Gasteiger partial charge in [-0.1, -0.05) is 0 Å². The van der Waals surface area contributed by atoms with Gasteiger partial charge < -0.3 is 9.64 Å². The fraction of sp³-hybridized carbons (Fsp3) is 0.500. The molecule has 6 heteroatoms. The lowest BCUT2D eigenvalue weighted by Crippen LogP contribution is -2.47. The van der Waals surface area contributed by atoms with Gasteiger partial charge in [0.25, 0.3) is 0 Å². The highest BCUT2D eigenvalue weighted by molar-refractivity contribution is 7.13. The monoisotopic (exact) mass is 343 g/mol. The van der Waals surface area contributed by atoms with Gasteiger partial charge in [-0.05, 0) is 25.0 Å². The van der Waals surface area contributed by atoms with Crippen LogP contribution in [0.3, 0.4) is 0 Å². The van der Waals surface area contributed by atoms with Crippen molar-refractivity contribution in [2.24, 2.45) is 5.41 Å². The van der Waals surface area contributed by atoms with Crippen molar-refractivity contribution >= 4 is 17.2 Å². The average Bonchev–Trinajstić information content (AvgIpc) is 3.27. The highest BCUT2D eigenvalue weighted by atomic mass is 32.1. The Labute approximate surface area is 145 Å². The van der Waals surface area contributed by atoms with Gasteiger partial charge in [0.1, 0.15) is 5.01 Å². The summed E-state index contributed by atoms with van der Waals surface area (Å²) in [6.07, 6.45) is 7.12. The molecule has 0 saturated carbocycles. The number of carbonyl (C=O) groups is 1. The molecular weight excluding hydrogens is 322 g/mol. The Kier molecular flexibility index (Phi) is 4.33. The number of nitrogens with zero attached hydrogens (tertiary/aromatic N) is 3. The van der Waals surface area contributed by atoms with Crippen molar-refractivity contribution in [1.29, 1.82) is 0 Å². The van der Waals surface area contributed by atoms with E-state index in [1.54, 1.807) is 17.5 Å². The highest BCUT2D eigenvalue weighted by Crippen LogP contribution is 2.38. The topological polar surface area (TPSA) is 55.3 Å². The first-order valence-corrected chi connectivity index (χ1v) is 9.32. The molecular formula is C18H21N3O2S. The van der Waals surface area contributed by atoms with Crippen LogP contribution in [0.25, 0.3) is 10.6 Å². The third kappa shape index (κ3) is 3.21. The van der Waals surface area contributed by atoms with Crippen molar-refractivity contribution in [2.45, 2.75) is 25.7 Å². The first-order valence-electron chi connectivity index (χ1n) is 8.44. The van der Waals surface area contributed by atoms with Crippen molar-refractivity contribution in [3.8, 4) is 10.6 Å². The predicted molar refractivity (Wildman–Crippen MR) is 92.7 cm³/mol. The number of hydrogen-bond acceptors (Lipinski definition) is 5. The molecule has 5 nitrogen and oxygen atoms in total. The molecule has 0 aromatic carbocycles. The van der Waals surface area contributed by atoms with Crippen LogP contribution >= 0.6 is 11.3 Å². The lowest BCUT2D eigenvalue weighted by molar-refractivity contribution is -0.137. The Morgan fingerprint density at radius 1 is 1.38 bits per heavy atom. The molecule has 2 saturated heterocycles. The number of piperidine rings is 1. The summed E-state index contributed by atoms with van der Waals surface area (Å²) in [4.78, 5) is 23.1. The van der Waals surface area contributed by atoms with Crippen LogP contribution in [0, 0.1) is 5.41 Å². The zero-order valence-corrected chi connectivity index (χ0v) is 14.4. The lowest BCUT2D eigenvalue weighted by Gasteiger charge is -2.39. The Balaban J connectivity index is 1.39. The summed E-state index contributed by atoms with van der Waals surface area (Å²) in [6.45, 7) is 3.23. The van der Waals surface area contributed by atoms with E-state index in [4.69, 9.17) is 9.72 Å². The number of carbonyl (C=O) groups excluding carboxylic acids is 1. The minimum Gasteiger partial charge on any atom is -0.381 e. The van der Waals surface area contributed by atoms with E-state index in [0.29, 0.717) is 6.42 Å². The van der Waals surface area contributed by atoms with Crippen LogP contribution in [0.1, 0.15) is 25.0 Å². The molecule has 126 valence electrons. The lowest BCUT2D eigenvalue weighted by atomic mass is 9.79. The molecule has 0 aliphatic carbocycles. The standard InChI is InChI=1S/C18H21N3O2S/c22-16-3-5-18(6-9-23-13-18)12-21(16)8-4-15-11-24-17(20-15)14-2-1-7-19-10-14/h1-2,7,10-11H,3-6,8-9,12-13H2/t18-/m1/s1. The summed E-state index contributed by atoms with van der Waals surface area (Å²) >= 11 is 1.63. The zero-order chi connectivity index (χ0) is 16.4. The second kappa shape index (κ2) is 6.61. The molecule has 24 heavy (non-hydrogen) atoms. The van der Waals surface area contributed by atoms with Crippen LogP contribution in [0.4, 0.5) is 0 Å². The number of ether oxygens (including phenoxy) is 1. The van der Waals surface area contributed by atoms with Crippen LogP contribution < -0.4 is 0 Å². The third-order valence-corrected chi connectivity index (χ3v) is 5.97. The summed E-state index contributed by atoms with van der Waals surface area (Å²) in [5, 5.41) is 3.08. The largest absolute Gasteiger partial charge is 0.381 e. The van der Waals surface area contributed by atoms with Crippen LogP contribution in [-0.4, -0.2) is 47.1 Å². The number of aromatic nitrogens is 2. The van der Waals surface area contributed by atoms with E-state index < -0.39 is 0 Å². The van der Waals surface area contributed by atoms with Crippen LogP contribution in [0.2, 0.25) is 0 Å².